The van der Waals surface area contributed by atoms with Crippen LogP contribution < -0.4 is 11.1 Å². The molecule has 1 aromatic rings. The van der Waals surface area contributed by atoms with Crippen molar-refractivity contribution in [2.45, 2.75) is 26.8 Å². The second-order valence-corrected chi connectivity index (χ2v) is 4.21. The summed E-state index contributed by atoms with van der Waals surface area (Å²) in [7, 11) is 0. The lowest BCUT2D eigenvalue weighted by Gasteiger charge is -2.14. The van der Waals surface area contributed by atoms with E-state index in [4.69, 9.17) is 10.5 Å². The van der Waals surface area contributed by atoms with Crippen LogP contribution in [0.5, 0.6) is 0 Å². The molecule has 4 nitrogen and oxygen atoms in total. The lowest BCUT2D eigenvalue weighted by Crippen LogP contribution is -2.36. The van der Waals surface area contributed by atoms with Crippen LogP contribution in [0.25, 0.3) is 0 Å². The summed E-state index contributed by atoms with van der Waals surface area (Å²) < 4.78 is 18.6. The van der Waals surface area contributed by atoms with E-state index in [9.17, 15) is 9.18 Å². The van der Waals surface area contributed by atoms with Crippen molar-refractivity contribution >= 4 is 11.6 Å². The van der Waals surface area contributed by atoms with Gasteiger partial charge in [-0.3, -0.25) is 4.79 Å². The largest absolute Gasteiger partial charge is 0.398 e. The van der Waals surface area contributed by atoms with Gasteiger partial charge in [0.1, 0.15) is 5.82 Å². The molecule has 1 unspecified atom stereocenters. The molecule has 1 amide bonds. The van der Waals surface area contributed by atoms with Crippen LogP contribution in [0.2, 0.25) is 0 Å². The minimum absolute atomic E-state index is 0.136. The topological polar surface area (TPSA) is 64.3 Å². The number of carbonyl (C=O) groups is 1. The number of ether oxygens (including phenoxy) is 1. The van der Waals surface area contributed by atoms with Gasteiger partial charge in [0.2, 0.25) is 0 Å². The maximum Gasteiger partial charge on any atom is 0.251 e. The Kier molecular flexibility index (Phi) is 5.09. The van der Waals surface area contributed by atoms with Gasteiger partial charge in [-0.2, -0.15) is 0 Å². The van der Waals surface area contributed by atoms with Crippen molar-refractivity contribution < 1.29 is 13.9 Å². The molecule has 3 N–H and O–H groups in total. The van der Waals surface area contributed by atoms with Crippen LogP contribution in [-0.2, 0) is 4.74 Å². The van der Waals surface area contributed by atoms with E-state index < -0.39 is 5.82 Å². The summed E-state index contributed by atoms with van der Waals surface area (Å²) in [5.74, 6) is -0.828. The summed E-state index contributed by atoms with van der Waals surface area (Å²) in [4.78, 5) is 11.8. The minimum Gasteiger partial charge on any atom is -0.398 e. The molecule has 0 saturated carbocycles. The molecule has 18 heavy (non-hydrogen) atoms. The number of benzene rings is 1. The van der Waals surface area contributed by atoms with Crippen molar-refractivity contribution in [1.82, 2.24) is 5.32 Å². The van der Waals surface area contributed by atoms with Gasteiger partial charge in [0, 0.05) is 29.5 Å². The van der Waals surface area contributed by atoms with Crippen LogP contribution in [0, 0.1) is 12.7 Å². The molecule has 0 aliphatic carbocycles. The molecule has 0 spiro atoms. The summed E-state index contributed by atoms with van der Waals surface area (Å²) in [6.45, 7) is 6.29. The molecule has 1 rings (SSSR count). The van der Waals surface area contributed by atoms with Crippen LogP contribution >= 0.6 is 0 Å². The van der Waals surface area contributed by atoms with Gasteiger partial charge in [0.25, 0.3) is 5.91 Å². The lowest BCUT2D eigenvalue weighted by atomic mass is 10.1. The Morgan fingerprint density at radius 2 is 2.22 bits per heavy atom. The van der Waals surface area contributed by atoms with Crippen molar-refractivity contribution in [2.75, 3.05) is 18.9 Å². The number of carbonyl (C=O) groups excluding carboxylic acids is 1. The Hall–Kier alpha value is -1.62. The smallest absolute Gasteiger partial charge is 0.251 e. The van der Waals surface area contributed by atoms with Gasteiger partial charge in [0.15, 0.2) is 0 Å². The third-order valence-electron chi connectivity index (χ3n) is 2.60. The van der Waals surface area contributed by atoms with E-state index in [1.807, 2.05) is 13.8 Å². The molecule has 100 valence electrons. The van der Waals surface area contributed by atoms with Gasteiger partial charge in [-0.25, -0.2) is 4.39 Å². The highest BCUT2D eigenvalue weighted by Crippen LogP contribution is 2.17. The summed E-state index contributed by atoms with van der Waals surface area (Å²) in [6, 6.07) is 2.53. The normalized spacial score (nSPS) is 12.2. The fraction of sp³-hybridized carbons (Fsp3) is 0.462. The van der Waals surface area contributed by atoms with Crippen LogP contribution in [-0.4, -0.2) is 25.2 Å². The van der Waals surface area contributed by atoms with E-state index in [1.165, 1.54) is 12.1 Å². The summed E-state index contributed by atoms with van der Waals surface area (Å²) in [5, 5.41) is 2.72. The number of rotatable bonds is 5. The maximum atomic E-state index is 13.5. The van der Waals surface area contributed by atoms with Gasteiger partial charge >= 0.3 is 0 Å². The molecule has 1 aromatic carbocycles. The van der Waals surface area contributed by atoms with Crippen molar-refractivity contribution in [3.8, 4) is 0 Å². The molecular formula is C13H19FN2O2. The van der Waals surface area contributed by atoms with Crippen molar-refractivity contribution in [3.63, 3.8) is 0 Å². The Morgan fingerprint density at radius 1 is 1.56 bits per heavy atom. The first kappa shape index (κ1) is 14.4. The first-order chi connectivity index (χ1) is 8.45. The summed E-state index contributed by atoms with van der Waals surface area (Å²) in [6.07, 6.45) is 0. The van der Waals surface area contributed by atoms with E-state index >= 15 is 0 Å². The van der Waals surface area contributed by atoms with E-state index in [2.05, 4.69) is 5.32 Å². The molecule has 1 atom stereocenters. The molecule has 0 radical (unpaired) electrons. The second kappa shape index (κ2) is 6.35. The van der Waals surface area contributed by atoms with Gasteiger partial charge in [-0.05, 0) is 32.9 Å². The highest BCUT2D eigenvalue weighted by atomic mass is 19.1. The Bertz CT molecular complexity index is 412. The Morgan fingerprint density at radius 3 is 2.78 bits per heavy atom. The van der Waals surface area contributed by atoms with Crippen LogP contribution in [0.1, 0.15) is 29.8 Å². The zero-order valence-corrected chi connectivity index (χ0v) is 10.9. The second-order valence-electron chi connectivity index (χ2n) is 4.21. The molecular weight excluding hydrogens is 235 g/mol. The third-order valence-corrected chi connectivity index (χ3v) is 2.60. The number of nitrogens with two attached hydrogens (primary N) is 1. The van der Waals surface area contributed by atoms with Crippen LogP contribution in [0.15, 0.2) is 12.1 Å². The van der Waals surface area contributed by atoms with Crippen molar-refractivity contribution in [3.05, 3.63) is 29.1 Å². The zero-order valence-electron chi connectivity index (χ0n) is 10.9. The average molecular weight is 254 g/mol. The number of halogens is 1. The standard InChI is InChI=1S/C13H19FN2O2/c1-4-18-7-8(2)16-13(17)10-5-11(14)9(3)12(15)6-10/h5-6,8H,4,7,15H2,1-3H3,(H,16,17). The molecule has 0 saturated heterocycles. The van der Waals surface area contributed by atoms with Gasteiger partial charge < -0.3 is 15.8 Å². The average Bonchev–Trinajstić information content (AvgIpc) is 2.32. The predicted octanol–water partition coefficient (Wildman–Crippen LogP) is 1.87. The van der Waals surface area contributed by atoms with E-state index in [-0.39, 0.29) is 23.2 Å². The molecule has 0 bridgehead atoms. The fourth-order valence-electron chi connectivity index (χ4n) is 1.47. The number of hydrogen-bond acceptors (Lipinski definition) is 3. The fourth-order valence-corrected chi connectivity index (χ4v) is 1.47. The molecule has 0 aliphatic rings. The van der Waals surface area contributed by atoms with Crippen molar-refractivity contribution in [1.29, 1.82) is 0 Å². The lowest BCUT2D eigenvalue weighted by molar-refractivity contribution is 0.0871. The van der Waals surface area contributed by atoms with Crippen LogP contribution in [0.4, 0.5) is 10.1 Å². The highest BCUT2D eigenvalue weighted by Gasteiger charge is 2.13. The minimum atomic E-state index is -0.474. The molecule has 0 aromatic heterocycles. The first-order valence-electron chi connectivity index (χ1n) is 5.90. The molecule has 0 aliphatic heterocycles. The number of amides is 1. The summed E-state index contributed by atoms with van der Waals surface area (Å²) in [5.41, 5.74) is 6.48. The van der Waals surface area contributed by atoms with Gasteiger partial charge in [-0.1, -0.05) is 0 Å². The van der Waals surface area contributed by atoms with Gasteiger partial charge in [0.05, 0.1) is 6.61 Å². The summed E-state index contributed by atoms with van der Waals surface area (Å²) >= 11 is 0. The predicted molar refractivity (Wildman–Crippen MR) is 69.0 cm³/mol. The molecule has 0 heterocycles. The van der Waals surface area contributed by atoms with E-state index in [0.717, 1.165) is 0 Å². The number of nitrogens with one attached hydrogen (secondary N) is 1. The zero-order chi connectivity index (χ0) is 13.7. The quantitative estimate of drug-likeness (QED) is 0.788. The van der Waals surface area contributed by atoms with Gasteiger partial charge in [-0.15, -0.1) is 0 Å². The molecule has 0 fully saturated rings. The first-order valence-corrected chi connectivity index (χ1v) is 5.90. The van der Waals surface area contributed by atoms with Crippen LogP contribution in [0.3, 0.4) is 0 Å². The Labute approximate surface area is 106 Å². The van der Waals surface area contributed by atoms with E-state index in [0.29, 0.717) is 18.8 Å². The van der Waals surface area contributed by atoms with E-state index in [1.54, 1.807) is 6.92 Å². The third kappa shape index (κ3) is 3.70. The van der Waals surface area contributed by atoms with Crippen molar-refractivity contribution in [2.24, 2.45) is 0 Å². The number of anilines is 1. The number of nitrogen functional groups attached to an aromatic ring is 1. The monoisotopic (exact) mass is 254 g/mol. The molecule has 5 heteroatoms. The number of hydrogen-bond donors (Lipinski definition) is 2. The SMILES string of the molecule is CCOCC(C)NC(=O)c1cc(N)c(C)c(F)c1. The highest BCUT2D eigenvalue weighted by molar-refractivity contribution is 5.95. The Balaban J connectivity index is 2.73. The maximum absolute atomic E-state index is 13.5.